The van der Waals surface area contributed by atoms with E-state index in [1.807, 2.05) is 13.3 Å². The fourth-order valence-corrected chi connectivity index (χ4v) is 0.890. The summed E-state index contributed by atoms with van der Waals surface area (Å²) in [6.07, 6.45) is 1.92. The van der Waals surface area contributed by atoms with Crippen LogP contribution in [-0.4, -0.2) is 44.1 Å². The fraction of sp³-hybridized carbons (Fsp3) is 0.857. The van der Waals surface area contributed by atoms with Crippen molar-refractivity contribution in [1.82, 2.24) is 4.90 Å². The van der Waals surface area contributed by atoms with Gasteiger partial charge in [0.1, 0.15) is 0 Å². The molecule has 0 atom stereocenters. The summed E-state index contributed by atoms with van der Waals surface area (Å²) in [7, 11) is 0. The number of hydrogen-bond donors (Lipinski definition) is 0. The summed E-state index contributed by atoms with van der Waals surface area (Å²) in [5.74, 6) is 0. The van der Waals surface area contributed by atoms with Crippen LogP contribution >= 0.6 is 0 Å². The average molecular weight is 142 g/mol. The molecule has 0 radical (unpaired) electrons. The molecule has 0 aromatic carbocycles. The third-order valence-electron chi connectivity index (χ3n) is 1.47. The van der Waals surface area contributed by atoms with Gasteiger partial charge in [-0.2, -0.15) is 0 Å². The Morgan fingerprint density at radius 2 is 2.20 bits per heavy atom. The molecule has 0 N–H and O–H groups in total. The van der Waals surface area contributed by atoms with Crippen LogP contribution in [0.25, 0.3) is 0 Å². The van der Waals surface area contributed by atoms with E-state index >= 15 is 0 Å². The van der Waals surface area contributed by atoms with Crippen LogP contribution in [0.2, 0.25) is 0 Å². The highest BCUT2D eigenvalue weighted by atomic mass is 16.5. The minimum Gasteiger partial charge on any atom is -0.378 e. The first-order valence-corrected chi connectivity index (χ1v) is 3.75. The average Bonchev–Trinajstić information content (AvgIpc) is 2.03. The van der Waals surface area contributed by atoms with Crippen LogP contribution in [-0.2, 0) is 4.74 Å². The second-order valence-corrected chi connectivity index (χ2v) is 2.26. The Kier molecular flexibility index (Phi) is 3.22. The Labute approximate surface area is 61.7 Å². The smallest absolute Gasteiger partial charge is 0.0851 e. The molecule has 0 aromatic rings. The van der Waals surface area contributed by atoms with Crippen molar-refractivity contribution >= 4 is 6.34 Å². The molecule has 0 bridgehead atoms. The molecule has 1 saturated heterocycles. The maximum absolute atomic E-state index is 5.18. The van der Waals surface area contributed by atoms with Gasteiger partial charge in [-0.3, -0.25) is 4.99 Å². The molecule has 1 aliphatic rings. The van der Waals surface area contributed by atoms with Gasteiger partial charge < -0.3 is 9.64 Å². The Balaban J connectivity index is 2.19. The molecule has 1 fully saturated rings. The van der Waals surface area contributed by atoms with E-state index in [0.717, 1.165) is 32.8 Å². The largest absolute Gasteiger partial charge is 0.378 e. The maximum Gasteiger partial charge on any atom is 0.0851 e. The third-order valence-corrected chi connectivity index (χ3v) is 1.47. The molecule has 3 heteroatoms. The van der Waals surface area contributed by atoms with Gasteiger partial charge in [-0.05, 0) is 6.92 Å². The lowest BCUT2D eigenvalue weighted by Crippen LogP contribution is -2.35. The Morgan fingerprint density at radius 1 is 1.50 bits per heavy atom. The molecule has 0 spiro atoms. The van der Waals surface area contributed by atoms with Crippen molar-refractivity contribution in [3.05, 3.63) is 0 Å². The lowest BCUT2D eigenvalue weighted by molar-refractivity contribution is 0.0700. The van der Waals surface area contributed by atoms with Crippen LogP contribution in [0.4, 0.5) is 0 Å². The maximum atomic E-state index is 5.18. The lowest BCUT2D eigenvalue weighted by atomic mass is 10.5. The van der Waals surface area contributed by atoms with Crippen molar-refractivity contribution < 1.29 is 4.74 Å². The normalized spacial score (nSPS) is 20.3. The number of hydrogen-bond acceptors (Lipinski definition) is 2. The number of morpholine rings is 1. The second-order valence-electron chi connectivity index (χ2n) is 2.26. The molecular weight excluding hydrogens is 128 g/mol. The van der Waals surface area contributed by atoms with E-state index in [4.69, 9.17) is 4.74 Å². The van der Waals surface area contributed by atoms with Crippen LogP contribution in [0.1, 0.15) is 6.92 Å². The van der Waals surface area contributed by atoms with Crippen molar-refractivity contribution in [3.63, 3.8) is 0 Å². The van der Waals surface area contributed by atoms with Gasteiger partial charge in [0, 0.05) is 19.6 Å². The van der Waals surface area contributed by atoms with Gasteiger partial charge in [0.15, 0.2) is 0 Å². The Bertz CT molecular complexity index is 108. The van der Waals surface area contributed by atoms with Crippen molar-refractivity contribution in [2.45, 2.75) is 6.92 Å². The zero-order valence-corrected chi connectivity index (χ0v) is 6.42. The van der Waals surface area contributed by atoms with Gasteiger partial charge in [-0.1, -0.05) is 0 Å². The molecule has 0 amide bonds. The first-order valence-electron chi connectivity index (χ1n) is 3.75. The summed E-state index contributed by atoms with van der Waals surface area (Å²) in [5.41, 5.74) is 0. The van der Waals surface area contributed by atoms with Crippen LogP contribution in [0, 0.1) is 0 Å². The molecule has 58 valence electrons. The Morgan fingerprint density at radius 3 is 2.80 bits per heavy atom. The minimum atomic E-state index is 0.843. The summed E-state index contributed by atoms with van der Waals surface area (Å²) in [6.45, 7) is 6.58. The molecule has 10 heavy (non-hydrogen) atoms. The molecule has 1 heterocycles. The highest BCUT2D eigenvalue weighted by Crippen LogP contribution is 1.92. The zero-order chi connectivity index (χ0) is 7.23. The van der Waals surface area contributed by atoms with E-state index in [2.05, 4.69) is 9.89 Å². The number of aliphatic imine (C=N–C) groups is 1. The molecule has 3 nitrogen and oxygen atoms in total. The molecule has 1 rings (SSSR count). The molecule has 0 aliphatic carbocycles. The SMILES string of the molecule is CC/N=C/N1CCOCC1. The van der Waals surface area contributed by atoms with Crippen LogP contribution < -0.4 is 0 Å². The first kappa shape index (κ1) is 7.54. The monoisotopic (exact) mass is 142 g/mol. The lowest BCUT2D eigenvalue weighted by Gasteiger charge is -2.23. The molecular formula is C7H14N2O. The summed E-state index contributed by atoms with van der Waals surface area (Å²) in [4.78, 5) is 6.33. The van der Waals surface area contributed by atoms with Crippen LogP contribution in [0.3, 0.4) is 0 Å². The molecule has 1 aliphatic heterocycles. The number of rotatable bonds is 2. The van der Waals surface area contributed by atoms with Crippen molar-refractivity contribution in [2.24, 2.45) is 4.99 Å². The summed E-state index contributed by atoms with van der Waals surface area (Å²) < 4.78 is 5.18. The predicted molar refractivity (Wildman–Crippen MR) is 41.4 cm³/mol. The van der Waals surface area contributed by atoms with Crippen LogP contribution in [0.5, 0.6) is 0 Å². The van der Waals surface area contributed by atoms with Gasteiger partial charge in [0.05, 0.1) is 19.6 Å². The van der Waals surface area contributed by atoms with E-state index in [9.17, 15) is 0 Å². The van der Waals surface area contributed by atoms with Gasteiger partial charge in [-0.25, -0.2) is 0 Å². The van der Waals surface area contributed by atoms with Crippen LogP contribution in [0.15, 0.2) is 4.99 Å². The van der Waals surface area contributed by atoms with E-state index in [0.29, 0.717) is 0 Å². The first-order chi connectivity index (χ1) is 4.93. The topological polar surface area (TPSA) is 24.8 Å². The van der Waals surface area contributed by atoms with E-state index in [-0.39, 0.29) is 0 Å². The van der Waals surface area contributed by atoms with Crippen molar-refractivity contribution in [2.75, 3.05) is 32.8 Å². The summed E-state index contributed by atoms with van der Waals surface area (Å²) in [6, 6.07) is 0. The van der Waals surface area contributed by atoms with Crippen molar-refractivity contribution in [1.29, 1.82) is 0 Å². The van der Waals surface area contributed by atoms with Crippen molar-refractivity contribution in [3.8, 4) is 0 Å². The fourth-order valence-electron chi connectivity index (χ4n) is 0.890. The molecule has 0 aromatic heterocycles. The number of nitrogens with zero attached hydrogens (tertiary/aromatic N) is 2. The zero-order valence-electron chi connectivity index (χ0n) is 6.42. The Hall–Kier alpha value is -0.570. The van der Waals surface area contributed by atoms with E-state index < -0.39 is 0 Å². The van der Waals surface area contributed by atoms with E-state index in [1.165, 1.54) is 0 Å². The predicted octanol–water partition coefficient (Wildman–Crippen LogP) is 0.367. The molecule has 0 saturated carbocycles. The van der Waals surface area contributed by atoms with Gasteiger partial charge in [0.25, 0.3) is 0 Å². The summed E-state index contributed by atoms with van der Waals surface area (Å²) >= 11 is 0. The van der Waals surface area contributed by atoms with E-state index in [1.54, 1.807) is 0 Å². The van der Waals surface area contributed by atoms with Gasteiger partial charge in [-0.15, -0.1) is 0 Å². The number of ether oxygens (including phenoxy) is 1. The highest BCUT2D eigenvalue weighted by molar-refractivity contribution is 5.54. The highest BCUT2D eigenvalue weighted by Gasteiger charge is 2.04. The summed E-state index contributed by atoms with van der Waals surface area (Å²) in [5, 5.41) is 0. The van der Waals surface area contributed by atoms with Gasteiger partial charge in [0.2, 0.25) is 0 Å². The quantitative estimate of drug-likeness (QED) is 0.411. The van der Waals surface area contributed by atoms with Gasteiger partial charge >= 0.3 is 0 Å². The third kappa shape index (κ3) is 2.35. The molecule has 0 unspecified atom stereocenters. The minimum absolute atomic E-state index is 0.843. The standard InChI is InChI=1S/C7H14N2O/c1-2-8-7-9-3-5-10-6-4-9/h7H,2-6H2,1H3/b8-7+. The second kappa shape index (κ2) is 4.28.